The van der Waals surface area contributed by atoms with Crippen LogP contribution in [-0.2, 0) is 16.1 Å². The molecule has 1 aromatic carbocycles. The van der Waals surface area contributed by atoms with E-state index in [0.717, 1.165) is 31.7 Å². The van der Waals surface area contributed by atoms with Gasteiger partial charge in [-0.15, -0.1) is 0 Å². The van der Waals surface area contributed by atoms with Gasteiger partial charge in [0, 0.05) is 44.9 Å². The van der Waals surface area contributed by atoms with Crippen LogP contribution in [0.25, 0.3) is 5.69 Å². The average molecular weight is 338 g/mol. The van der Waals surface area contributed by atoms with E-state index < -0.39 is 0 Å². The zero-order valence-electron chi connectivity index (χ0n) is 14.4. The van der Waals surface area contributed by atoms with Gasteiger partial charge >= 0.3 is 0 Å². The molecule has 1 spiro atoms. The summed E-state index contributed by atoms with van der Waals surface area (Å²) < 4.78 is 7.95. The maximum absolute atomic E-state index is 12.3. The van der Waals surface area contributed by atoms with Gasteiger partial charge in [-0.2, -0.15) is 5.10 Å². The number of ether oxygens (including phenoxy) is 1. The Morgan fingerprint density at radius 2 is 2.28 bits per heavy atom. The Labute approximate surface area is 147 Å². The van der Waals surface area contributed by atoms with Crippen molar-refractivity contribution in [3.8, 4) is 5.69 Å². The van der Waals surface area contributed by atoms with Gasteiger partial charge in [0.2, 0.25) is 5.91 Å². The van der Waals surface area contributed by atoms with Crippen LogP contribution in [0, 0.1) is 6.92 Å². The van der Waals surface area contributed by atoms with Crippen molar-refractivity contribution in [2.24, 2.45) is 0 Å². The monoisotopic (exact) mass is 338 g/mol. The molecule has 1 amide bonds. The minimum absolute atomic E-state index is 0.188. The number of amides is 1. The van der Waals surface area contributed by atoms with E-state index in [4.69, 9.17) is 4.74 Å². The molecule has 5 rings (SSSR count). The molecule has 3 aliphatic heterocycles. The van der Waals surface area contributed by atoms with Crippen LogP contribution >= 0.6 is 0 Å². The van der Waals surface area contributed by atoms with E-state index >= 15 is 0 Å². The molecule has 3 aliphatic rings. The van der Waals surface area contributed by atoms with Gasteiger partial charge in [-0.05, 0) is 36.2 Å². The summed E-state index contributed by atoms with van der Waals surface area (Å²) in [7, 11) is 0. The smallest absolute Gasteiger partial charge is 0.226 e. The normalized spacial score (nSPS) is 28.6. The first-order chi connectivity index (χ1) is 12.2. The summed E-state index contributed by atoms with van der Waals surface area (Å²) >= 11 is 0. The van der Waals surface area contributed by atoms with Gasteiger partial charge in [-0.25, -0.2) is 4.68 Å². The molecular weight excluding hydrogens is 316 g/mol. The minimum atomic E-state index is -0.347. The van der Waals surface area contributed by atoms with Crippen LogP contribution in [0.1, 0.15) is 24.0 Å². The van der Waals surface area contributed by atoms with Crippen molar-refractivity contribution in [3.63, 3.8) is 0 Å². The number of aromatic nitrogens is 2. The number of hydrogen-bond donors (Lipinski definition) is 0. The van der Waals surface area contributed by atoms with Crippen LogP contribution in [0.5, 0.6) is 0 Å². The molecule has 130 valence electrons. The summed E-state index contributed by atoms with van der Waals surface area (Å²) in [5.41, 5.74) is 3.28. The Morgan fingerprint density at radius 1 is 1.36 bits per heavy atom. The average Bonchev–Trinajstić information content (AvgIpc) is 3.35. The Morgan fingerprint density at radius 3 is 3.08 bits per heavy atom. The van der Waals surface area contributed by atoms with Gasteiger partial charge in [0.05, 0.1) is 18.3 Å². The fourth-order valence-electron chi connectivity index (χ4n) is 4.71. The third kappa shape index (κ3) is 2.17. The molecule has 0 N–H and O–H groups in total. The molecule has 2 atom stereocenters. The number of nitrogens with zero attached hydrogens (tertiary/aromatic N) is 4. The summed E-state index contributed by atoms with van der Waals surface area (Å²) in [4.78, 5) is 16.7. The van der Waals surface area contributed by atoms with Crippen LogP contribution < -0.4 is 0 Å². The lowest BCUT2D eigenvalue weighted by molar-refractivity contribution is -0.136. The minimum Gasteiger partial charge on any atom is -0.352 e. The molecule has 2 aromatic rings. The third-order valence-electron chi connectivity index (χ3n) is 5.98. The largest absolute Gasteiger partial charge is 0.352 e. The molecule has 6 nitrogen and oxygen atoms in total. The first-order valence-corrected chi connectivity index (χ1v) is 8.95. The first kappa shape index (κ1) is 15.1. The Bertz CT molecular complexity index is 819. The van der Waals surface area contributed by atoms with Gasteiger partial charge in [0.25, 0.3) is 0 Å². The first-order valence-electron chi connectivity index (χ1n) is 8.95. The lowest BCUT2D eigenvalue weighted by Gasteiger charge is -2.32. The van der Waals surface area contributed by atoms with Gasteiger partial charge in [0.1, 0.15) is 0 Å². The van der Waals surface area contributed by atoms with Crippen molar-refractivity contribution < 1.29 is 9.53 Å². The zero-order chi connectivity index (χ0) is 17.0. The highest BCUT2D eigenvalue weighted by Gasteiger charge is 2.61. The highest BCUT2D eigenvalue weighted by atomic mass is 16.5. The predicted octanol–water partition coefficient (Wildman–Crippen LogP) is 1.71. The maximum atomic E-state index is 12.3. The molecule has 25 heavy (non-hydrogen) atoms. The second-order valence-electron chi connectivity index (χ2n) is 7.24. The Hall–Kier alpha value is -2.18. The summed E-state index contributed by atoms with van der Waals surface area (Å²) in [6.07, 6.45) is 5.25. The van der Waals surface area contributed by atoms with Gasteiger partial charge < -0.3 is 9.64 Å². The number of carbonyl (C=O) groups is 1. The van der Waals surface area contributed by atoms with Crippen LogP contribution in [-0.4, -0.2) is 57.0 Å². The fourth-order valence-corrected chi connectivity index (χ4v) is 4.71. The number of hydrogen-bond acceptors (Lipinski definition) is 4. The molecule has 4 heterocycles. The Balaban J connectivity index is 1.39. The molecule has 0 saturated carbocycles. The number of carbonyl (C=O) groups excluding carboxylic acids is 1. The number of likely N-dealkylation sites (tertiary alicyclic amines) is 1. The number of aryl methyl sites for hydroxylation is 1. The second-order valence-corrected chi connectivity index (χ2v) is 7.24. The summed E-state index contributed by atoms with van der Waals surface area (Å²) in [5, 5.41) is 4.29. The van der Waals surface area contributed by atoms with Crippen LogP contribution in [0.4, 0.5) is 0 Å². The van der Waals surface area contributed by atoms with Crippen molar-refractivity contribution in [2.75, 3.05) is 19.7 Å². The van der Waals surface area contributed by atoms with Gasteiger partial charge in [-0.3, -0.25) is 9.69 Å². The molecular formula is C19H22N4O2. The second kappa shape index (κ2) is 5.41. The van der Waals surface area contributed by atoms with E-state index in [-0.39, 0.29) is 17.7 Å². The lowest BCUT2D eigenvalue weighted by atomic mass is 10.0. The van der Waals surface area contributed by atoms with E-state index in [1.807, 2.05) is 21.8 Å². The van der Waals surface area contributed by atoms with E-state index in [0.29, 0.717) is 13.0 Å². The van der Waals surface area contributed by atoms with E-state index in [1.165, 1.54) is 11.1 Å². The zero-order valence-corrected chi connectivity index (χ0v) is 14.4. The van der Waals surface area contributed by atoms with Crippen LogP contribution in [0.15, 0.2) is 36.7 Å². The topological polar surface area (TPSA) is 50.6 Å². The summed E-state index contributed by atoms with van der Waals surface area (Å²) in [6.45, 7) is 5.41. The Kier molecular flexibility index (Phi) is 3.27. The van der Waals surface area contributed by atoms with E-state index in [9.17, 15) is 4.79 Å². The van der Waals surface area contributed by atoms with E-state index in [2.05, 4.69) is 35.1 Å². The molecule has 0 radical (unpaired) electrons. The molecule has 6 heteroatoms. The van der Waals surface area contributed by atoms with Crippen molar-refractivity contribution in [1.82, 2.24) is 19.6 Å². The van der Waals surface area contributed by atoms with Crippen LogP contribution in [0.2, 0.25) is 0 Å². The molecule has 0 bridgehead atoms. The fraction of sp³-hybridized carbons (Fsp3) is 0.474. The molecule has 0 unspecified atom stereocenters. The molecule has 0 aliphatic carbocycles. The molecule has 3 fully saturated rings. The van der Waals surface area contributed by atoms with Crippen molar-refractivity contribution in [2.45, 2.75) is 38.1 Å². The quantitative estimate of drug-likeness (QED) is 0.855. The lowest BCUT2D eigenvalue weighted by Crippen LogP contribution is -2.47. The highest BCUT2D eigenvalue weighted by Crippen LogP contribution is 2.46. The molecule has 3 saturated heterocycles. The van der Waals surface area contributed by atoms with E-state index in [1.54, 1.807) is 6.20 Å². The van der Waals surface area contributed by atoms with Crippen molar-refractivity contribution in [1.29, 1.82) is 0 Å². The molecule has 1 aromatic heterocycles. The van der Waals surface area contributed by atoms with Crippen molar-refractivity contribution >= 4 is 5.91 Å². The van der Waals surface area contributed by atoms with Crippen molar-refractivity contribution in [3.05, 3.63) is 47.8 Å². The number of benzene rings is 1. The number of rotatable bonds is 3. The highest BCUT2D eigenvalue weighted by molar-refractivity contribution is 5.81. The SMILES string of the molecule is Cc1cc(-n2cccn2)ccc1CN1CC[C@@]23OCCN2C(=O)C[C@@H]13. The van der Waals surface area contributed by atoms with Gasteiger partial charge in [-0.1, -0.05) is 6.07 Å². The predicted molar refractivity (Wildman–Crippen MR) is 92.1 cm³/mol. The third-order valence-corrected chi connectivity index (χ3v) is 5.98. The maximum Gasteiger partial charge on any atom is 0.226 e. The summed E-state index contributed by atoms with van der Waals surface area (Å²) in [5.74, 6) is 0.248. The summed E-state index contributed by atoms with van der Waals surface area (Å²) in [6, 6.07) is 8.58. The van der Waals surface area contributed by atoms with Gasteiger partial charge in [0.15, 0.2) is 5.72 Å². The van der Waals surface area contributed by atoms with Crippen LogP contribution in [0.3, 0.4) is 0 Å². The standard InChI is InChI=1S/C19H22N4O2/c1-14-11-16(23-7-2-6-20-23)4-3-15(14)13-21-8-5-19-17(21)12-18(24)22(19)9-10-25-19/h2-4,6-7,11,17H,5,8-10,12-13H2,1H3/t17-,19+/m1/s1.